The van der Waals surface area contributed by atoms with E-state index in [2.05, 4.69) is 22.2 Å². The maximum atomic E-state index is 15.3. The molecule has 0 saturated heterocycles. The molecule has 1 aromatic carbocycles. The van der Waals surface area contributed by atoms with Crippen LogP contribution in [0.25, 0.3) is 5.70 Å². The van der Waals surface area contributed by atoms with Gasteiger partial charge >= 0.3 is 0 Å². The number of hydrogen-bond acceptors (Lipinski definition) is 5. The van der Waals surface area contributed by atoms with Crippen LogP contribution >= 0.6 is 0 Å². The molecule has 0 radical (unpaired) electrons. The number of nitrogens with one attached hydrogen (secondary N) is 2. The van der Waals surface area contributed by atoms with Gasteiger partial charge < -0.3 is 15.4 Å². The van der Waals surface area contributed by atoms with Crippen LogP contribution < -0.4 is 15.4 Å². The third kappa shape index (κ3) is 8.47. The van der Waals surface area contributed by atoms with Crippen molar-refractivity contribution in [2.24, 2.45) is 10.9 Å². The summed E-state index contributed by atoms with van der Waals surface area (Å²) in [7, 11) is 0. The molecule has 0 bridgehead atoms. The van der Waals surface area contributed by atoms with E-state index in [1.807, 2.05) is 33.8 Å². The number of amides is 1. The van der Waals surface area contributed by atoms with Crippen molar-refractivity contribution in [3.05, 3.63) is 76.9 Å². The predicted molar refractivity (Wildman–Crippen MR) is 153 cm³/mol. The summed E-state index contributed by atoms with van der Waals surface area (Å²) in [6, 6.07) is 6.72. The van der Waals surface area contributed by atoms with Gasteiger partial charge in [-0.05, 0) is 68.4 Å². The zero-order valence-electron chi connectivity index (χ0n) is 23.8. The Hall–Kier alpha value is -3.55. The van der Waals surface area contributed by atoms with E-state index in [-0.39, 0.29) is 17.7 Å². The summed E-state index contributed by atoms with van der Waals surface area (Å²) >= 11 is 0. The van der Waals surface area contributed by atoms with Gasteiger partial charge in [0.15, 0.2) is 0 Å². The van der Waals surface area contributed by atoms with E-state index in [9.17, 15) is 9.18 Å². The van der Waals surface area contributed by atoms with Gasteiger partial charge in [-0.3, -0.25) is 4.79 Å². The average Bonchev–Trinajstić information content (AvgIpc) is 2.86. The van der Waals surface area contributed by atoms with Crippen LogP contribution in [0.15, 0.2) is 53.8 Å². The number of nitrogens with zero attached hydrogens (tertiary/aromatic N) is 2. The van der Waals surface area contributed by atoms with Crippen LogP contribution in [0.1, 0.15) is 89.0 Å². The lowest BCUT2D eigenvalue weighted by Crippen LogP contribution is -2.30. The van der Waals surface area contributed by atoms with Gasteiger partial charge in [-0.1, -0.05) is 40.3 Å². The number of pyridine rings is 1. The highest BCUT2D eigenvalue weighted by molar-refractivity contribution is 6.06. The molecule has 0 spiro atoms. The van der Waals surface area contributed by atoms with Crippen LogP contribution in [0.4, 0.5) is 8.78 Å². The van der Waals surface area contributed by atoms with Gasteiger partial charge in [-0.15, -0.1) is 0 Å². The molecule has 1 aliphatic heterocycles. The molecule has 2 aromatic rings. The van der Waals surface area contributed by atoms with Crippen molar-refractivity contribution in [2.75, 3.05) is 6.61 Å². The predicted octanol–water partition coefficient (Wildman–Crippen LogP) is 6.82. The first-order valence-corrected chi connectivity index (χ1v) is 13.5. The Kier molecular flexibility index (Phi) is 10.0. The first-order valence-electron chi connectivity index (χ1n) is 13.5. The highest BCUT2D eigenvalue weighted by Gasteiger charge is 2.24. The minimum Gasteiger partial charge on any atom is -0.478 e. The Morgan fingerprint density at radius 1 is 1.15 bits per heavy atom. The van der Waals surface area contributed by atoms with E-state index >= 15 is 4.39 Å². The van der Waals surface area contributed by atoms with Crippen molar-refractivity contribution in [1.82, 2.24) is 15.6 Å². The molecule has 0 fully saturated rings. The quantitative estimate of drug-likeness (QED) is 0.291. The molecule has 2 N–H and O–H groups in total. The number of aromatic nitrogens is 1. The fraction of sp³-hybridized carbons (Fsp3) is 0.452. The number of carbonyl (C=O) groups is 1. The van der Waals surface area contributed by atoms with Crippen LogP contribution in [0.5, 0.6) is 5.88 Å². The fourth-order valence-corrected chi connectivity index (χ4v) is 4.32. The summed E-state index contributed by atoms with van der Waals surface area (Å²) in [5, 5.41) is 6.05. The summed E-state index contributed by atoms with van der Waals surface area (Å²) in [4.78, 5) is 21.3. The average molecular weight is 539 g/mol. The summed E-state index contributed by atoms with van der Waals surface area (Å²) in [6.07, 6.45) is 5.40. The number of hydrogen-bond donors (Lipinski definition) is 2. The van der Waals surface area contributed by atoms with Gasteiger partial charge in [-0.2, -0.15) is 0 Å². The number of allylic oxidation sites excluding steroid dienone is 1. The summed E-state index contributed by atoms with van der Waals surface area (Å²) in [5.74, 6) is 0.184. The smallest absolute Gasteiger partial charge is 0.222 e. The highest BCUT2D eigenvalue weighted by atomic mass is 19.1. The molecule has 0 saturated carbocycles. The van der Waals surface area contributed by atoms with Crippen LogP contribution in [-0.2, 0) is 11.3 Å². The first-order chi connectivity index (χ1) is 18.4. The maximum Gasteiger partial charge on any atom is 0.222 e. The fourth-order valence-electron chi connectivity index (χ4n) is 4.32. The molecule has 0 aliphatic carbocycles. The van der Waals surface area contributed by atoms with Gasteiger partial charge in [0.05, 0.1) is 17.9 Å². The second-order valence-corrected chi connectivity index (χ2v) is 11.1. The Morgan fingerprint density at radius 2 is 1.90 bits per heavy atom. The molecular weight excluding hydrogens is 498 g/mol. The van der Waals surface area contributed by atoms with E-state index in [1.165, 1.54) is 6.07 Å². The number of halogens is 2. The summed E-state index contributed by atoms with van der Waals surface area (Å²) < 4.78 is 34.6. The van der Waals surface area contributed by atoms with Crippen molar-refractivity contribution in [2.45, 2.75) is 78.9 Å². The third-order valence-corrected chi connectivity index (χ3v) is 6.35. The van der Waals surface area contributed by atoms with Crippen LogP contribution in [0, 0.1) is 11.7 Å². The van der Waals surface area contributed by atoms with Crippen LogP contribution in [-0.4, -0.2) is 29.0 Å². The Balaban J connectivity index is 1.82. The number of amidine groups is 1. The maximum absolute atomic E-state index is 15.3. The van der Waals surface area contributed by atoms with Gasteiger partial charge in [0.25, 0.3) is 0 Å². The number of carbonyl (C=O) groups excluding carboxylic acids is 1. The second kappa shape index (κ2) is 13.0. The topological polar surface area (TPSA) is 75.6 Å². The first kappa shape index (κ1) is 30.0. The molecule has 39 heavy (non-hydrogen) atoms. The number of benzene rings is 1. The van der Waals surface area contributed by atoms with E-state index in [0.717, 1.165) is 29.5 Å². The molecule has 1 aromatic heterocycles. The molecule has 6 nitrogen and oxygen atoms in total. The van der Waals surface area contributed by atoms with Crippen molar-refractivity contribution in [1.29, 1.82) is 0 Å². The van der Waals surface area contributed by atoms with Gasteiger partial charge in [0.1, 0.15) is 17.3 Å². The lowest BCUT2D eigenvalue weighted by molar-refractivity contribution is -0.124. The molecule has 210 valence electrons. The number of ether oxygens (including phenoxy) is 1. The molecular formula is C31H40F2N4O2. The lowest BCUT2D eigenvalue weighted by atomic mass is 9.90. The van der Waals surface area contributed by atoms with E-state index in [4.69, 9.17) is 9.73 Å². The number of rotatable bonds is 12. The SMILES string of the molecule is C=C1C=C(c2ccc(OCCCCC(C)(C)F)nc2)N=C(c2c(F)ccc(CNC(=O)C(C)C)c2C(C)C)N1. The van der Waals surface area contributed by atoms with Gasteiger partial charge in [-0.25, -0.2) is 18.8 Å². The van der Waals surface area contributed by atoms with Gasteiger partial charge in [0, 0.05) is 36.0 Å². The minimum absolute atomic E-state index is 0.0251. The third-order valence-electron chi connectivity index (χ3n) is 6.35. The summed E-state index contributed by atoms with van der Waals surface area (Å²) in [6.45, 7) is 15.6. The molecule has 8 heteroatoms. The van der Waals surface area contributed by atoms with E-state index in [1.54, 1.807) is 38.3 Å². The number of alkyl halides is 1. The zero-order valence-corrected chi connectivity index (χ0v) is 23.8. The largest absolute Gasteiger partial charge is 0.478 e. The van der Waals surface area contributed by atoms with Crippen molar-refractivity contribution < 1.29 is 18.3 Å². The minimum atomic E-state index is -1.17. The van der Waals surface area contributed by atoms with Crippen molar-refractivity contribution in [3.8, 4) is 5.88 Å². The van der Waals surface area contributed by atoms with Crippen LogP contribution in [0.2, 0.25) is 0 Å². The van der Waals surface area contributed by atoms with E-state index < -0.39 is 11.5 Å². The monoisotopic (exact) mass is 538 g/mol. The molecule has 1 amide bonds. The molecule has 3 rings (SSSR count). The number of aliphatic imine (C=N–C) groups is 1. The molecule has 2 heterocycles. The highest BCUT2D eigenvalue weighted by Crippen LogP contribution is 2.30. The normalized spacial score (nSPS) is 13.7. The van der Waals surface area contributed by atoms with Crippen molar-refractivity contribution in [3.63, 3.8) is 0 Å². The van der Waals surface area contributed by atoms with Gasteiger partial charge in [0.2, 0.25) is 11.8 Å². The number of unbranched alkanes of at least 4 members (excludes halogenated alkanes) is 1. The molecule has 0 unspecified atom stereocenters. The van der Waals surface area contributed by atoms with Crippen molar-refractivity contribution >= 4 is 17.4 Å². The Labute approximate surface area is 230 Å². The van der Waals surface area contributed by atoms with Crippen LogP contribution in [0.3, 0.4) is 0 Å². The Morgan fingerprint density at radius 3 is 2.51 bits per heavy atom. The zero-order chi connectivity index (χ0) is 28.7. The second-order valence-electron chi connectivity index (χ2n) is 11.1. The molecule has 1 aliphatic rings. The lowest BCUT2D eigenvalue weighted by Gasteiger charge is -2.23. The molecule has 0 atom stereocenters. The Bertz CT molecular complexity index is 1240. The standard InChI is InChI=1S/C31H40F2N4O2/c1-19(2)27-23(18-35-30(38)20(3)4)10-12-24(32)28(27)29-36-21(5)16-25(37-29)22-11-13-26(34-17-22)39-15-9-8-14-31(6,7)33/h10-13,16-17,19-20H,5,8-9,14-15,18H2,1-4,6-7H3,(H,35,38)(H,36,37). The summed E-state index contributed by atoms with van der Waals surface area (Å²) in [5.41, 5.74) is 2.68. The van der Waals surface area contributed by atoms with E-state index in [0.29, 0.717) is 48.2 Å².